The van der Waals surface area contributed by atoms with Gasteiger partial charge >= 0.3 is 0 Å². The Labute approximate surface area is 94.5 Å². The van der Waals surface area contributed by atoms with Gasteiger partial charge in [0.15, 0.2) is 0 Å². The van der Waals surface area contributed by atoms with Crippen molar-refractivity contribution in [3.63, 3.8) is 0 Å². The van der Waals surface area contributed by atoms with Crippen LogP contribution in [0.4, 0.5) is 0 Å². The van der Waals surface area contributed by atoms with E-state index in [9.17, 15) is 4.79 Å². The molecular weight excluding hydrogens is 206 g/mol. The molecule has 0 spiro atoms. The summed E-state index contributed by atoms with van der Waals surface area (Å²) in [7, 11) is 0. The molecule has 1 fully saturated rings. The van der Waals surface area contributed by atoms with Crippen molar-refractivity contribution in [1.29, 1.82) is 0 Å². The first-order valence-corrected chi connectivity index (χ1v) is 6.44. The Balaban J connectivity index is 1.91. The summed E-state index contributed by atoms with van der Waals surface area (Å²) in [6.45, 7) is 0. The predicted octanol–water partition coefficient (Wildman–Crippen LogP) is 2.48. The van der Waals surface area contributed by atoms with Crippen LogP contribution in [0.15, 0.2) is 24.5 Å². The van der Waals surface area contributed by atoms with E-state index in [1.54, 1.807) is 12.4 Å². The molecule has 1 saturated heterocycles. The molecule has 1 aromatic rings. The molecule has 2 heterocycles. The molecule has 1 aliphatic rings. The summed E-state index contributed by atoms with van der Waals surface area (Å²) in [4.78, 5) is 15.9. The summed E-state index contributed by atoms with van der Waals surface area (Å²) in [5.41, 5.74) is 1.04. The number of hydrogen-bond acceptors (Lipinski definition) is 3. The molecule has 1 atom stereocenters. The van der Waals surface area contributed by atoms with Crippen LogP contribution >= 0.6 is 11.8 Å². The lowest BCUT2D eigenvalue weighted by atomic mass is 10.0. The first-order chi connectivity index (χ1) is 7.36. The van der Waals surface area contributed by atoms with E-state index in [0.29, 0.717) is 12.2 Å². The smallest absolute Gasteiger partial charge is 0.150 e. The van der Waals surface area contributed by atoms with Crippen molar-refractivity contribution < 1.29 is 4.79 Å². The molecule has 0 bridgehead atoms. The first-order valence-electron chi connectivity index (χ1n) is 5.39. The van der Waals surface area contributed by atoms with Gasteiger partial charge in [0.1, 0.15) is 5.78 Å². The highest BCUT2D eigenvalue weighted by atomic mass is 32.2. The second kappa shape index (κ2) is 5.31. The molecule has 1 unspecified atom stereocenters. The number of nitrogens with zero attached hydrogens (tertiary/aromatic N) is 1. The average molecular weight is 221 g/mol. The van der Waals surface area contributed by atoms with Crippen LogP contribution in [0.3, 0.4) is 0 Å². The number of rotatable bonds is 3. The quantitative estimate of drug-likeness (QED) is 0.785. The molecule has 1 aromatic heterocycles. The van der Waals surface area contributed by atoms with Crippen LogP contribution in [0, 0.1) is 0 Å². The highest BCUT2D eigenvalue weighted by Crippen LogP contribution is 2.26. The van der Waals surface area contributed by atoms with Crippen molar-refractivity contribution in [2.45, 2.75) is 30.9 Å². The van der Waals surface area contributed by atoms with Crippen molar-refractivity contribution >= 4 is 17.5 Å². The van der Waals surface area contributed by atoms with E-state index in [-0.39, 0.29) is 5.25 Å². The normalized spacial score (nSPS) is 21.2. The third-order valence-corrected chi connectivity index (χ3v) is 4.07. The van der Waals surface area contributed by atoms with Gasteiger partial charge in [-0.2, -0.15) is 11.8 Å². The van der Waals surface area contributed by atoms with Gasteiger partial charge in [0.25, 0.3) is 0 Å². The van der Waals surface area contributed by atoms with Crippen LogP contribution in [-0.2, 0) is 11.2 Å². The number of thioether (sulfide) groups is 1. The van der Waals surface area contributed by atoms with Crippen LogP contribution in [0.2, 0.25) is 0 Å². The molecule has 0 N–H and O–H groups in total. The fourth-order valence-corrected chi connectivity index (χ4v) is 3.07. The predicted molar refractivity (Wildman–Crippen MR) is 63.0 cm³/mol. The van der Waals surface area contributed by atoms with Crippen LogP contribution in [0.1, 0.15) is 24.8 Å². The zero-order chi connectivity index (χ0) is 10.5. The van der Waals surface area contributed by atoms with E-state index >= 15 is 0 Å². The Kier molecular flexibility index (Phi) is 3.78. The van der Waals surface area contributed by atoms with Gasteiger partial charge in [0.2, 0.25) is 0 Å². The zero-order valence-electron chi connectivity index (χ0n) is 8.69. The van der Waals surface area contributed by atoms with E-state index in [1.165, 1.54) is 12.8 Å². The Morgan fingerprint density at radius 1 is 1.53 bits per heavy atom. The van der Waals surface area contributed by atoms with Gasteiger partial charge in [-0.25, -0.2) is 0 Å². The topological polar surface area (TPSA) is 30.0 Å². The van der Waals surface area contributed by atoms with Crippen molar-refractivity contribution in [2.75, 3.05) is 5.75 Å². The first kappa shape index (κ1) is 10.7. The van der Waals surface area contributed by atoms with E-state index < -0.39 is 0 Å². The molecule has 3 heteroatoms. The number of hydrogen-bond donors (Lipinski definition) is 0. The van der Waals surface area contributed by atoms with E-state index in [1.807, 2.05) is 23.9 Å². The fraction of sp³-hybridized carbons (Fsp3) is 0.500. The van der Waals surface area contributed by atoms with Crippen LogP contribution in [0.5, 0.6) is 0 Å². The summed E-state index contributed by atoms with van der Waals surface area (Å²) in [5, 5.41) is 0.235. The second-order valence-electron chi connectivity index (χ2n) is 3.86. The maximum Gasteiger partial charge on any atom is 0.150 e. The second-order valence-corrected chi connectivity index (χ2v) is 5.17. The zero-order valence-corrected chi connectivity index (χ0v) is 9.50. The van der Waals surface area contributed by atoms with E-state index in [2.05, 4.69) is 4.98 Å². The molecule has 1 aliphatic heterocycles. The Hall–Kier alpha value is -0.830. The van der Waals surface area contributed by atoms with Gasteiger partial charge in [-0.1, -0.05) is 12.5 Å². The monoisotopic (exact) mass is 221 g/mol. The van der Waals surface area contributed by atoms with Gasteiger partial charge < -0.3 is 0 Å². The van der Waals surface area contributed by atoms with Crippen LogP contribution in [-0.4, -0.2) is 21.8 Å². The minimum Gasteiger partial charge on any atom is -0.298 e. The summed E-state index contributed by atoms with van der Waals surface area (Å²) in [5.74, 6) is 1.51. The number of carbonyl (C=O) groups excluding carboxylic acids is 1. The number of ketones is 1. The van der Waals surface area contributed by atoms with Gasteiger partial charge in [-0.3, -0.25) is 9.78 Å². The van der Waals surface area contributed by atoms with E-state index in [4.69, 9.17) is 0 Å². The lowest BCUT2D eigenvalue weighted by Crippen LogP contribution is -2.22. The highest BCUT2D eigenvalue weighted by molar-refractivity contribution is 8.00. The largest absolute Gasteiger partial charge is 0.298 e. The van der Waals surface area contributed by atoms with Gasteiger partial charge in [0, 0.05) is 18.8 Å². The van der Waals surface area contributed by atoms with Crippen LogP contribution in [0.25, 0.3) is 0 Å². The molecule has 0 aliphatic carbocycles. The molecule has 80 valence electrons. The number of carbonyl (C=O) groups is 1. The number of Topliss-reactive ketones (excluding diaryl/α,β-unsaturated/α-hetero) is 1. The number of aromatic nitrogens is 1. The molecular formula is C12H15NOS. The SMILES string of the molecule is O=C(Cc1cccnc1)C1CCCCS1. The van der Waals surface area contributed by atoms with E-state index in [0.717, 1.165) is 17.7 Å². The maximum atomic E-state index is 11.9. The van der Waals surface area contributed by atoms with Gasteiger partial charge in [-0.05, 0) is 30.2 Å². The molecule has 2 rings (SSSR count). The Morgan fingerprint density at radius 3 is 3.13 bits per heavy atom. The molecule has 15 heavy (non-hydrogen) atoms. The molecule has 2 nitrogen and oxygen atoms in total. The van der Waals surface area contributed by atoms with Crippen molar-refractivity contribution in [3.05, 3.63) is 30.1 Å². The third kappa shape index (κ3) is 3.06. The van der Waals surface area contributed by atoms with Gasteiger partial charge in [-0.15, -0.1) is 0 Å². The molecule has 0 radical (unpaired) electrons. The Bertz CT molecular complexity index is 320. The highest BCUT2D eigenvalue weighted by Gasteiger charge is 2.21. The minimum atomic E-state index is 0.235. The summed E-state index contributed by atoms with van der Waals surface area (Å²) >= 11 is 1.82. The standard InChI is InChI=1S/C12H15NOS/c14-11(12-5-1-2-7-15-12)8-10-4-3-6-13-9-10/h3-4,6,9,12H,1-2,5,7-8H2. The lowest BCUT2D eigenvalue weighted by molar-refractivity contribution is -0.118. The number of pyridine rings is 1. The van der Waals surface area contributed by atoms with Crippen LogP contribution < -0.4 is 0 Å². The maximum absolute atomic E-state index is 11.9. The fourth-order valence-electron chi connectivity index (χ4n) is 1.81. The molecule has 0 saturated carbocycles. The Morgan fingerprint density at radius 2 is 2.47 bits per heavy atom. The minimum absolute atomic E-state index is 0.235. The molecule has 0 aromatic carbocycles. The van der Waals surface area contributed by atoms with Crippen molar-refractivity contribution in [3.8, 4) is 0 Å². The van der Waals surface area contributed by atoms with Crippen molar-refractivity contribution in [2.24, 2.45) is 0 Å². The van der Waals surface area contributed by atoms with Gasteiger partial charge in [0.05, 0.1) is 5.25 Å². The summed E-state index contributed by atoms with van der Waals surface area (Å²) in [6, 6.07) is 3.86. The lowest BCUT2D eigenvalue weighted by Gasteiger charge is -2.19. The molecule has 0 amide bonds. The summed E-state index contributed by atoms with van der Waals surface area (Å²) in [6.07, 6.45) is 7.60. The average Bonchev–Trinajstić information content (AvgIpc) is 2.31. The van der Waals surface area contributed by atoms with Crippen molar-refractivity contribution in [1.82, 2.24) is 4.98 Å². The third-order valence-electron chi connectivity index (χ3n) is 2.64. The summed E-state index contributed by atoms with van der Waals surface area (Å²) < 4.78 is 0.